The summed E-state index contributed by atoms with van der Waals surface area (Å²) in [7, 11) is 1.29. The zero-order valence-electron chi connectivity index (χ0n) is 32.8. The third-order valence-electron chi connectivity index (χ3n) is 8.58. The molecule has 0 aliphatic carbocycles. The van der Waals surface area contributed by atoms with E-state index in [4.69, 9.17) is 9.05 Å². The molecular weight excluding hydrogens is 647 g/mol. The monoisotopic (exact) mass is 725 g/mol. The van der Waals surface area contributed by atoms with Crippen molar-refractivity contribution >= 4 is 13.7 Å². The van der Waals surface area contributed by atoms with Gasteiger partial charge in [-0.1, -0.05) is 146 Å². The number of aliphatic hydroxyl groups is 1. The maximum atomic E-state index is 12.7. The van der Waals surface area contributed by atoms with Crippen LogP contribution < -0.4 is 10.2 Å². The number of carbonyl (C=O) groups is 1. The number of phosphoric acid groups is 1. The van der Waals surface area contributed by atoms with Gasteiger partial charge in [0.1, 0.15) is 13.2 Å². The van der Waals surface area contributed by atoms with Crippen molar-refractivity contribution < 1.29 is 32.9 Å². The van der Waals surface area contributed by atoms with E-state index in [1.807, 2.05) is 21.1 Å². The number of phosphoric ester groups is 1. The van der Waals surface area contributed by atoms with E-state index in [0.29, 0.717) is 23.9 Å². The molecule has 50 heavy (non-hydrogen) atoms. The van der Waals surface area contributed by atoms with Gasteiger partial charge in [0.05, 0.1) is 39.9 Å². The number of amides is 1. The first-order chi connectivity index (χ1) is 24.0. The highest BCUT2D eigenvalue weighted by Crippen LogP contribution is 2.38. The molecule has 0 fully saturated rings. The van der Waals surface area contributed by atoms with Gasteiger partial charge in [0.25, 0.3) is 7.82 Å². The van der Waals surface area contributed by atoms with Crippen LogP contribution in [0.5, 0.6) is 0 Å². The summed E-state index contributed by atoms with van der Waals surface area (Å²) in [5, 5.41) is 13.5. The van der Waals surface area contributed by atoms with Crippen LogP contribution in [0, 0.1) is 0 Å². The summed E-state index contributed by atoms with van der Waals surface area (Å²) in [5.41, 5.74) is 0. The molecule has 0 saturated carbocycles. The second-order valence-electron chi connectivity index (χ2n) is 14.6. The van der Waals surface area contributed by atoms with Gasteiger partial charge in [-0.15, -0.1) is 0 Å². The Labute approximate surface area is 308 Å². The highest BCUT2D eigenvalue weighted by molar-refractivity contribution is 7.45. The Morgan fingerprint density at radius 3 is 1.74 bits per heavy atom. The molecule has 0 saturated heterocycles. The fourth-order valence-electron chi connectivity index (χ4n) is 5.38. The van der Waals surface area contributed by atoms with Crippen LogP contribution in [0.15, 0.2) is 48.6 Å². The highest BCUT2D eigenvalue weighted by Gasteiger charge is 2.24. The normalized spacial score (nSPS) is 15.1. The van der Waals surface area contributed by atoms with E-state index in [9.17, 15) is 19.4 Å². The van der Waals surface area contributed by atoms with E-state index >= 15 is 0 Å². The van der Waals surface area contributed by atoms with Gasteiger partial charge < -0.3 is 28.8 Å². The summed E-state index contributed by atoms with van der Waals surface area (Å²) in [6.45, 7) is 4.41. The van der Waals surface area contributed by atoms with Gasteiger partial charge in [0, 0.05) is 6.42 Å². The quantitative estimate of drug-likeness (QED) is 0.0292. The number of unbranched alkanes of at least 4 members (excludes halogenated alkanes) is 14. The minimum Gasteiger partial charge on any atom is -0.756 e. The lowest BCUT2D eigenvalue weighted by atomic mass is 10.0. The molecule has 1 amide bonds. The number of nitrogens with zero attached hydrogens (tertiary/aromatic N) is 1. The number of hydrogen-bond acceptors (Lipinski definition) is 6. The summed E-state index contributed by atoms with van der Waals surface area (Å²) in [6.07, 6.45) is 40.6. The van der Waals surface area contributed by atoms with Crippen LogP contribution in [0.25, 0.3) is 0 Å². The van der Waals surface area contributed by atoms with Crippen molar-refractivity contribution in [3.05, 3.63) is 48.6 Å². The topological polar surface area (TPSA) is 108 Å². The molecule has 3 atom stereocenters. The number of likely N-dealkylation sites (N-methyl/N-ethyl adjacent to an activating group) is 1. The predicted molar refractivity (Wildman–Crippen MR) is 210 cm³/mol. The first-order valence-electron chi connectivity index (χ1n) is 20.0. The molecule has 0 aromatic heterocycles. The van der Waals surface area contributed by atoms with E-state index in [-0.39, 0.29) is 19.1 Å². The fraction of sp³-hybridized carbons (Fsp3) is 0.780. The minimum atomic E-state index is -4.54. The summed E-state index contributed by atoms with van der Waals surface area (Å²) >= 11 is 0. The molecule has 0 aromatic rings. The molecule has 0 aromatic carbocycles. The number of nitrogens with one attached hydrogen (secondary N) is 1. The molecule has 8 nitrogen and oxygen atoms in total. The van der Waals surface area contributed by atoms with Crippen LogP contribution in [0.2, 0.25) is 0 Å². The Morgan fingerprint density at radius 2 is 1.22 bits per heavy atom. The number of allylic oxidation sites excluding steroid dienone is 8. The van der Waals surface area contributed by atoms with Crippen molar-refractivity contribution in [2.24, 2.45) is 0 Å². The molecule has 0 aliphatic rings. The van der Waals surface area contributed by atoms with Crippen molar-refractivity contribution in [1.29, 1.82) is 0 Å². The molecule has 0 radical (unpaired) electrons. The van der Waals surface area contributed by atoms with E-state index in [1.165, 1.54) is 64.2 Å². The Balaban J connectivity index is 3.94. The molecule has 3 unspecified atom stereocenters. The van der Waals surface area contributed by atoms with Crippen LogP contribution in [0.1, 0.15) is 155 Å². The van der Waals surface area contributed by atoms with Crippen molar-refractivity contribution in [1.82, 2.24) is 5.32 Å². The zero-order chi connectivity index (χ0) is 37.2. The molecular formula is C41H77N2O6P. The van der Waals surface area contributed by atoms with Gasteiger partial charge in [-0.05, 0) is 51.4 Å². The SMILES string of the molecule is CC/C=C\C/C=C\C/C=C\C/C=C\CCCCCCCCCCCCCCC(=O)NC(COP(=O)([O-])OCC[N+](C)(C)C)C(O)CCCCC. The lowest BCUT2D eigenvalue weighted by molar-refractivity contribution is -0.870. The lowest BCUT2D eigenvalue weighted by Crippen LogP contribution is -2.46. The number of rotatable bonds is 35. The Kier molecular flexibility index (Phi) is 32.3. The standard InChI is InChI=1S/C41H77N2O6P/c1-6-8-10-11-12-13-14-15-16-17-18-19-20-21-22-23-24-25-26-27-28-29-30-31-33-35-41(45)42-39(40(44)34-32-9-7-2)38-49-50(46,47)48-37-36-43(3,4)5/h8,10,12-13,15-16,18-19,39-40,44H,6-7,9,11,14,17,20-38H2,1-5H3,(H-,42,45,46,47)/b10-8-,13-12-,16-15-,19-18-. The molecule has 0 rings (SSSR count). The van der Waals surface area contributed by atoms with E-state index in [0.717, 1.165) is 64.2 Å². The number of carbonyl (C=O) groups excluding carboxylic acids is 1. The summed E-state index contributed by atoms with van der Waals surface area (Å²) in [4.78, 5) is 24.9. The second-order valence-corrected chi connectivity index (χ2v) is 16.0. The van der Waals surface area contributed by atoms with E-state index in [1.54, 1.807) is 0 Å². The number of aliphatic hydroxyl groups excluding tert-OH is 1. The van der Waals surface area contributed by atoms with Crippen molar-refractivity contribution in [3.63, 3.8) is 0 Å². The Morgan fingerprint density at radius 1 is 0.720 bits per heavy atom. The third-order valence-corrected chi connectivity index (χ3v) is 9.55. The maximum Gasteiger partial charge on any atom is 0.268 e. The molecule has 2 N–H and O–H groups in total. The van der Waals surface area contributed by atoms with Gasteiger partial charge in [-0.3, -0.25) is 9.36 Å². The van der Waals surface area contributed by atoms with Gasteiger partial charge in [-0.2, -0.15) is 0 Å². The summed E-state index contributed by atoms with van der Waals surface area (Å²) in [6, 6.07) is -0.797. The van der Waals surface area contributed by atoms with Gasteiger partial charge >= 0.3 is 0 Å². The summed E-state index contributed by atoms with van der Waals surface area (Å²) in [5.74, 6) is -0.182. The van der Waals surface area contributed by atoms with E-state index in [2.05, 4.69) is 67.8 Å². The van der Waals surface area contributed by atoms with Crippen molar-refractivity contribution in [2.75, 3.05) is 40.9 Å². The van der Waals surface area contributed by atoms with Crippen LogP contribution in [-0.2, 0) is 18.4 Å². The fourth-order valence-corrected chi connectivity index (χ4v) is 6.10. The van der Waals surface area contributed by atoms with Crippen LogP contribution in [0.4, 0.5) is 0 Å². The van der Waals surface area contributed by atoms with Gasteiger partial charge in [-0.25, -0.2) is 0 Å². The number of quaternary nitrogens is 1. The largest absolute Gasteiger partial charge is 0.756 e. The number of hydrogen-bond donors (Lipinski definition) is 2. The Bertz CT molecular complexity index is 959. The zero-order valence-corrected chi connectivity index (χ0v) is 33.7. The molecule has 0 spiro atoms. The van der Waals surface area contributed by atoms with Gasteiger partial charge in [0.2, 0.25) is 5.91 Å². The molecule has 0 aliphatic heterocycles. The molecule has 0 bridgehead atoms. The van der Waals surface area contributed by atoms with Crippen molar-refractivity contribution in [3.8, 4) is 0 Å². The predicted octanol–water partition coefficient (Wildman–Crippen LogP) is 9.89. The van der Waals surface area contributed by atoms with Gasteiger partial charge in [0.15, 0.2) is 0 Å². The van der Waals surface area contributed by atoms with E-state index < -0.39 is 20.0 Å². The molecule has 292 valence electrons. The average molecular weight is 725 g/mol. The smallest absolute Gasteiger partial charge is 0.268 e. The van der Waals surface area contributed by atoms with Crippen LogP contribution >= 0.6 is 7.82 Å². The molecule has 9 heteroatoms. The highest BCUT2D eigenvalue weighted by atomic mass is 31.2. The summed E-state index contributed by atoms with van der Waals surface area (Å²) < 4.78 is 22.9. The Hall–Kier alpha value is -1.54. The third kappa shape index (κ3) is 34.9. The lowest BCUT2D eigenvalue weighted by Gasteiger charge is -2.30. The minimum absolute atomic E-state index is 0.00850. The molecule has 0 heterocycles. The van der Waals surface area contributed by atoms with Crippen molar-refractivity contribution in [2.45, 2.75) is 167 Å². The first-order valence-corrected chi connectivity index (χ1v) is 21.4. The first kappa shape index (κ1) is 48.5. The average Bonchev–Trinajstić information content (AvgIpc) is 3.06. The van der Waals surface area contributed by atoms with Crippen LogP contribution in [0.3, 0.4) is 0 Å². The van der Waals surface area contributed by atoms with Crippen LogP contribution in [-0.4, -0.2) is 68.5 Å². The second kappa shape index (κ2) is 33.3. The maximum absolute atomic E-state index is 12.7.